The van der Waals surface area contributed by atoms with Crippen LogP contribution in [0.15, 0.2) is 23.2 Å². The van der Waals surface area contributed by atoms with Gasteiger partial charge >= 0.3 is 5.97 Å². The lowest BCUT2D eigenvalue weighted by atomic mass is 9.99. The van der Waals surface area contributed by atoms with Gasteiger partial charge in [0.25, 0.3) is 5.91 Å². The smallest absolute Gasteiger partial charge is 0.326 e. The average molecular weight is 464 g/mol. The van der Waals surface area contributed by atoms with Gasteiger partial charge in [0.2, 0.25) is 5.91 Å². The van der Waals surface area contributed by atoms with E-state index in [1.54, 1.807) is 11.5 Å². The first kappa shape index (κ1) is 23.5. The first-order valence-corrected chi connectivity index (χ1v) is 12.5. The summed E-state index contributed by atoms with van der Waals surface area (Å²) in [6.45, 7) is 7.86. The van der Waals surface area contributed by atoms with Crippen LogP contribution in [-0.4, -0.2) is 58.5 Å². The SMILES string of the molecule is CCOC(=O)Cn1c(=NC(=O)CSCC(=O)N2CCC(C)CC2)sc2cc(C)ccc21. The minimum atomic E-state index is -0.368. The number of aromatic nitrogens is 1. The van der Waals surface area contributed by atoms with Gasteiger partial charge in [-0.2, -0.15) is 4.99 Å². The van der Waals surface area contributed by atoms with Crippen molar-refractivity contribution >= 4 is 51.1 Å². The number of benzene rings is 1. The van der Waals surface area contributed by atoms with E-state index >= 15 is 0 Å². The first-order chi connectivity index (χ1) is 14.9. The summed E-state index contributed by atoms with van der Waals surface area (Å²) < 4.78 is 7.75. The molecule has 0 aliphatic carbocycles. The lowest BCUT2D eigenvalue weighted by Crippen LogP contribution is -2.39. The van der Waals surface area contributed by atoms with Crippen LogP contribution >= 0.6 is 23.1 Å². The summed E-state index contributed by atoms with van der Waals surface area (Å²) in [6.07, 6.45) is 2.08. The van der Waals surface area contributed by atoms with Crippen LogP contribution in [0.1, 0.15) is 32.3 Å². The minimum Gasteiger partial charge on any atom is -0.465 e. The third-order valence-corrected chi connectivity index (χ3v) is 7.18. The number of esters is 1. The molecule has 31 heavy (non-hydrogen) atoms. The number of thiazole rings is 1. The summed E-state index contributed by atoms with van der Waals surface area (Å²) >= 11 is 2.66. The Kier molecular flexibility index (Phi) is 8.31. The first-order valence-electron chi connectivity index (χ1n) is 10.6. The standard InChI is InChI=1S/C22H29N3O4S2/c1-4-29-21(28)12-25-17-6-5-16(3)11-18(17)31-22(25)23-19(26)13-30-14-20(27)24-9-7-15(2)8-10-24/h5-6,11,15H,4,7-10,12-14H2,1-3H3. The highest BCUT2D eigenvalue weighted by molar-refractivity contribution is 8.00. The summed E-state index contributed by atoms with van der Waals surface area (Å²) in [5.74, 6) is 0.480. The molecule has 1 aliphatic heterocycles. The molecular weight excluding hydrogens is 434 g/mol. The summed E-state index contributed by atoms with van der Waals surface area (Å²) in [7, 11) is 0. The van der Waals surface area contributed by atoms with Crippen LogP contribution in [0.4, 0.5) is 0 Å². The Labute approximate surface area is 190 Å². The van der Waals surface area contributed by atoms with E-state index in [2.05, 4.69) is 11.9 Å². The van der Waals surface area contributed by atoms with Crippen LogP contribution in [-0.2, 0) is 25.7 Å². The number of thioether (sulfide) groups is 1. The highest BCUT2D eigenvalue weighted by Crippen LogP contribution is 2.20. The lowest BCUT2D eigenvalue weighted by Gasteiger charge is -2.30. The molecule has 9 heteroatoms. The predicted molar refractivity (Wildman–Crippen MR) is 124 cm³/mol. The molecule has 3 rings (SSSR count). The molecule has 0 bridgehead atoms. The zero-order valence-corrected chi connectivity index (χ0v) is 19.9. The molecule has 1 aromatic carbocycles. The summed E-state index contributed by atoms with van der Waals surface area (Å²) in [5, 5.41) is 0. The Balaban J connectivity index is 1.68. The van der Waals surface area contributed by atoms with Crippen molar-refractivity contribution in [3.05, 3.63) is 28.6 Å². The molecule has 0 unspecified atom stereocenters. The van der Waals surface area contributed by atoms with Crippen molar-refractivity contribution in [2.24, 2.45) is 10.9 Å². The number of hydrogen-bond donors (Lipinski definition) is 0. The fourth-order valence-electron chi connectivity index (χ4n) is 3.47. The van der Waals surface area contributed by atoms with E-state index in [4.69, 9.17) is 4.74 Å². The second-order valence-corrected chi connectivity index (χ2v) is 9.80. The fraction of sp³-hybridized carbons (Fsp3) is 0.545. The number of amides is 2. The molecule has 1 aromatic heterocycles. The van der Waals surface area contributed by atoms with Gasteiger partial charge in [-0.25, -0.2) is 0 Å². The van der Waals surface area contributed by atoms with Crippen molar-refractivity contribution < 1.29 is 19.1 Å². The van der Waals surface area contributed by atoms with E-state index < -0.39 is 0 Å². The Bertz CT molecular complexity index is 1020. The number of carbonyl (C=O) groups is 3. The number of carbonyl (C=O) groups excluding carboxylic acids is 3. The molecule has 2 heterocycles. The summed E-state index contributed by atoms with van der Waals surface area (Å²) in [6, 6.07) is 5.90. The predicted octanol–water partition coefficient (Wildman–Crippen LogP) is 2.99. The number of nitrogens with zero attached hydrogens (tertiary/aromatic N) is 3. The molecule has 2 amide bonds. The molecule has 0 spiro atoms. The van der Waals surface area contributed by atoms with Crippen molar-refractivity contribution in [3.8, 4) is 0 Å². The van der Waals surface area contributed by atoms with E-state index in [0.717, 1.165) is 41.7 Å². The second kappa shape index (κ2) is 10.9. The third-order valence-electron chi connectivity index (χ3n) is 5.24. The number of aryl methyl sites for hydroxylation is 1. The van der Waals surface area contributed by atoms with Gasteiger partial charge in [-0.1, -0.05) is 24.3 Å². The van der Waals surface area contributed by atoms with E-state index in [-0.39, 0.29) is 35.8 Å². The van der Waals surface area contributed by atoms with Crippen LogP contribution in [0.2, 0.25) is 0 Å². The van der Waals surface area contributed by atoms with Crippen LogP contribution in [0.25, 0.3) is 10.2 Å². The Morgan fingerprint density at radius 1 is 1.23 bits per heavy atom. The van der Waals surface area contributed by atoms with E-state index in [1.165, 1.54) is 23.1 Å². The van der Waals surface area contributed by atoms with E-state index in [0.29, 0.717) is 17.3 Å². The fourth-order valence-corrected chi connectivity index (χ4v) is 5.31. The number of fused-ring (bicyclic) bond motifs is 1. The van der Waals surface area contributed by atoms with E-state index in [9.17, 15) is 14.4 Å². The second-order valence-electron chi connectivity index (χ2n) is 7.81. The van der Waals surface area contributed by atoms with Crippen molar-refractivity contribution in [2.45, 2.75) is 40.2 Å². The molecule has 0 atom stereocenters. The largest absolute Gasteiger partial charge is 0.465 e. The summed E-state index contributed by atoms with van der Waals surface area (Å²) in [5.41, 5.74) is 1.94. The highest BCUT2D eigenvalue weighted by Gasteiger charge is 2.20. The van der Waals surface area contributed by atoms with Crippen molar-refractivity contribution in [3.63, 3.8) is 0 Å². The van der Waals surface area contributed by atoms with Gasteiger partial charge in [-0.15, -0.1) is 11.8 Å². The topological polar surface area (TPSA) is 81.0 Å². The van der Waals surface area contributed by atoms with E-state index in [1.807, 2.05) is 30.0 Å². The molecule has 168 valence electrons. The number of likely N-dealkylation sites (tertiary alicyclic amines) is 1. The van der Waals surface area contributed by atoms with Gasteiger partial charge in [0.1, 0.15) is 6.54 Å². The Morgan fingerprint density at radius 3 is 2.68 bits per heavy atom. The zero-order valence-electron chi connectivity index (χ0n) is 18.3. The number of piperidine rings is 1. The maximum absolute atomic E-state index is 12.5. The zero-order chi connectivity index (χ0) is 22.4. The van der Waals surface area contributed by atoms with Gasteiger partial charge in [0, 0.05) is 13.1 Å². The molecule has 2 aromatic rings. The summed E-state index contributed by atoms with van der Waals surface area (Å²) in [4.78, 5) is 43.5. The molecule has 7 nitrogen and oxygen atoms in total. The van der Waals surface area contributed by atoms with Crippen LogP contribution in [0.5, 0.6) is 0 Å². The molecular formula is C22H29N3O4S2. The third kappa shape index (κ3) is 6.43. The van der Waals surface area contributed by atoms with Crippen molar-refractivity contribution in [1.82, 2.24) is 9.47 Å². The van der Waals surface area contributed by atoms with Crippen molar-refractivity contribution in [1.29, 1.82) is 0 Å². The number of hydrogen-bond acceptors (Lipinski definition) is 6. The normalized spacial score (nSPS) is 15.5. The molecule has 0 N–H and O–H groups in total. The lowest BCUT2D eigenvalue weighted by molar-refractivity contribution is -0.143. The molecule has 1 aliphatic rings. The van der Waals surface area contributed by atoms with Gasteiger partial charge in [-0.3, -0.25) is 14.4 Å². The maximum atomic E-state index is 12.5. The molecule has 0 radical (unpaired) electrons. The van der Waals surface area contributed by atoms with Crippen LogP contribution in [0.3, 0.4) is 0 Å². The Morgan fingerprint density at radius 2 is 1.97 bits per heavy atom. The van der Waals surface area contributed by atoms with Crippen LogP contribution in [0, 0.1) is 12.8 Å². The Hall–Kier alpha value is -2.13. The van der Waals surface area contributed by atoms with Gasteiger partial charge < -0.3 is 14.2 Å². The molecule has 1 fully saturated rings. The number of ether oxygens (including phenoxy) is 1. The number of rotatable bonds is 7. The molecule has 1 saturated heterocycles. The maximum Gasteiger partial charge on any atom is 0.326 e. The van der Waals surface area contributed by atoms with Gasteiger partial charge in [0.05, 0.1) is 28.3 Å². The average Bonchev–Trinajstić information content (AvgIpc) is 3.04. The van der Waals surface area contributed by atoms with Gasteiger partial charge in [-0.05, 0) is 50.3 Å². The monoisotopic (exact) mass is 463 g/mol. The molecule has 0 saturated carbocycles. The highest BCUT2D eigenvalue weighted by atomic mass is 32.2. The quantitative estimate of drug-likeness (QED) is 0.590. The minimum absolute atomic E-state index is 0.00201. The van der Waals surface area contributed by atoms with Gasteiger partial charge in [0.15, 0.2) is 4.80 Å². The van der Waals surface area contributed by atoms with Crippen LogP contribution < -0.4 is 4.80 Å². The van der Waals surface area contributed by atoms with Crippen molar-refractivity contribution in [2.75, 3.05) is 31.2 Å².